The zero-order valence-electron chi connectivity index (χ0n) is 27.9. The van der Waals surface area contributed by atoms with Gasteiger partial charge in [-0.15, -0.1) is 0 Å². The van der Waals surface area contributed by atoms with E-state index in [2.05, 4.69) is 13.2 Å². The van der Waals surface area contributed by atoms with Gasteiger partial charge >= 0.3 is 11.9 Å². The fourth-order valence-corrected chi connectivity index (χ4v) is 8.76. The van der Waals surface area contributed by atoms with Crippen molar-refractivity contribution in [2.45, 2.75) is 63.2 Å². The predicted molar refractivity (Wildman–Crippen MR) is 184 cm³/mol. The van der Waals surface area contributed by atoms with E-state index in [0.29, 0.717) is 13.2 Å². The first kappa shape index (κ1) is 34.1. The highest BCUT2D eigenvalue weighted by atomic mass is 16.5. The molecule has 1 saturated carbocycles. The summed E-state index contributed by atoms with van der Waals surface area (Å²) in [6.07, 6.45) is 13.3. The van der Waals surface area contributed by atoms with Crippen molar-refractivity contribution < 1.29 is 28.0 Å². The molecule has 1 aliphatic carbocycles. The molecule has 2 aliphatic heterocycles. The molecular formula is C40H56N2O4+2. The second-order valence-electron chi connectivity index (χ2n) is 14.1. The Bertz CT molecular complexity index is 1160. The maximum absolute atomic E-state index is 13.9. The van der Waals surface area contributed by atoms with E-state index in [-0.39, 0.29) is 23.8 Å². The van der Waals surface area contributed by atoms with E-state index in [1.54, 1.807) is 0 Å². The molecule has 6 nitrogen and oxygen atoms in total. The monoisotopic (exact) mass is 628 g/mol. The van der Waals surface area contributed by atoms with E-state index >= 15 is 0 Å². The Labute approximate surface area is 277 Å². The summed E-state index contributed by atoms with van der Waals surface area (Å²) in [6, 6.07) is 20.0. The van der Waals surface area contributed by atoms with Gasteiger partial charge in [-0.25, -0.2) is 0 Å². The standard InChI is InChI=1S/C40H56N2O4/c1-3-23-41(25-13-7-14-26-41)29-17-31-45-39(43)37-35(33-19-9-5-10-20-33)38(36(37)34-21-11-6-12-22-34)40(44)46-32-18-30-42(24-4-2)27-15-8-16-28-42/h3-6,9-12,19-22,35-38H,1-2,7-8,13-18,23-32H2/q+2. The smallest absolute Gasteiger partial charge is 0.310 e. The lowest BCUT2D eigenvalue weighted by molar-refractivity contribution is -0.927. The summed E-state index contributed by atoms with van der Waals surface area (Å²) in [4.78, 5) is 27.9. The molecule has 0 atom stereocenters. The normalized spacial score (nSPS) is 25.0. The topological polar surface area (TPSA) is 52.6 Å². The van der Waals surface area contributed by atoms with E-state index in [0.717, 1.165) is 59.1 Å². The van der Waals surface area contributed by atoms with E-state index in [9.17, 15) is 9.59 Å². The van der Waals surface area contributed by atoms with Gasteiger partial charge in [0.05, 0.1) is 77.4 Å². The van der Waals surface area contributed by atoms with Crippen LogP contribution in [0, 0.1) is 11.8 Å². The maximum atomic E-state index is 13.9. The maximum Gasteiger partial charge on any atom is 0.310 e. The Balaban J connectivity index is 1.27. The average molecular weight is 629 g/mol. The molecule has 3 fully saturated rings. The van der Waals surface area contributed by atoms with Crippen molar-refractivity contribution in [1.82, 2.24) is 0 Å². The lowest BCUT2D eigenvalue weighted by atomic mass is 9.52. The second-order valence-corrected chi connectivity index (χ2v) is 14.1. The second kappa shape index (κ2) is 16.6. The molecule has 2 saturated heterocycles. The fourth-order valence-electron chi connectivity index (χ4n) is 8.76. The van der Waals surface area contributed by atoms with Gasteiger partial charge in [0.1, 0.15) is 0 Å². The SMILES string of the molecule is C=CC[N+]1(CCCOC(=O)C2C(c3ccccc3)C(C(=O)OCCC[N+]3(CC=C)CCCCC3)C2c2ccccc2)CCCCC1. The van der Waals surface area contributed by atoms with Gasteiger partial charge in [0.25, 0.3) is 0 Å². The quantitative estimate of drug-likeness (QED) is 0.0866. The number of likely N-dealkylation sites (tertiary alicyclic amines) is 2. The van der Waals surface area contributed by atoms with E-state index in [1.165, 1.54) is 64.7 Å². The number of ether oxygens (including phenoxy) is 2. The molecule has 2 aromatic carbocycles. The summed E-state index contributed by atoms with van der Waals surface area (Å²) in [7, 11) is 0. The van der Waals surface area contributed by atoms with Crippen molar-refractivity contribution in [1.29, 1.82) is 0 Å². The number of hydrogen-bond acceptors (Lipinski definition) is 4. The summed E-state index contributed by atoms with van der Waals surface area (Å²) in [6.45, 7) is 17.4. The van der Waals surface area contributed by atoms with E-state index in [4.69, 9.17) is 9.47 Å². The van der Waals surface area contributed by atoms with E-state index in [1.807, 2.05) is 72.8 Å². The molecule has 0 radical (unpaired) electrons. The first-order chi connectivity index (χ1) is 22.5. The lowest BCUT2D eigenvalue weighted by Gasteiger charge is -2.49. The molecule has 248 valence electrons. The molecule has 2 aromatic rings. The van der Waals surface area contributed by atoms with Gasteiger partial charge in [0.15, 0.2) is 0 Å². The highest BCUT2D eigenvalue weighted by Crippen LogP contribution is 2.58. The van der Waals surface area contributed by atoms with Crippen molar-refractivity contribution in [3.05, 3.63) is 97.1 Å². The number of esters is 2. The molecule has 0 bridgehead atoms. The summed E-state index contributed by atoms with van der Waals surface area (Å²) < 4.78 is 14.2. The third-order valence-electron chi connectivity index (χ3n) is 11.1. The van der Waals surface area contributed by atoms with Crippen LogP contribution in [0.1, 0.15) is 74.3 Å². The van der Waals surface area contributed by atoms with Crippen molar-refractivity contribution in [2.24, 2.45) is 11.8 Å². The van der Waals surface area contributed by atoms with Gasteiger partial charge in [0, 0.05) is 24.7 Å². The Morgan fingerprint density at radius 1 is 0.609 bits per heavy atom. The van der Waals surface area contributed by atoms with E-state index < -0.39 is 11.8 Å². The molecule has 2 heterocycles. The van der Waals surface area contributed by atoms with Gasteiger partial charge in [-0.1, -0.05) is 73.8 Å². The summed E-state index contributed by atoms with van der Waals surface area (Å²) in [5.41, 5.74) is 1.98. The minimum atomic E-state index is -0.441. The van der Waals surface area contributed by atoms with Gasteiger partial charge < -0.3 is 18.4 Å². The number of rotatable bonds is 16. The largest absolute Gasteiger partial charge is 0.465 e. The highest BCUT2D eigenvalue weighted by Gasteiger charge is 2.59. The average Bonchev–Trinajstić information content (AvgIpc) is 3.07. The molecule has 0 aromatic heterocycles. The molecule has 3 aliphatic rings. The minimum Gasteiger partial charge on any atom is -0.465 e. The number of quaternary nitrogens is 2. The molecule has 0 N–H and O–H groups in total. The van der Waals surface area contributed by atoms with Crippen molar-refractivity contribution >= 4 is 11.9 Å². The van der Waals surface area contributed by atoms with Crippen LogP contribution in [-0.4, -0.2) is 86.5 Å². The first-order valence-corrected chi connectivity index (χ1v) is 17.9. The number of hydrogen-bond donors (Lipinski definition) is 0. The number of carbonyl (C=O) groups is 2. The van der Waals surface area contributed by atoms with Crippen LogP contribution in [0.25, 0.3) is 0 Å². The molecule has 5 rings (SSSR count). The van der Waals surface area contributed by atoms with Crippen LogP contribution < -0.4 is 0 Å². The molecule has 0 amide bonds. The molecular weight excluding hydrogens is 572 g/mol. The van der Waals surface area contributed by atoms with Crippen LogP contribution in [-0.2, 0) is 19.1 Å². The third-order valence-corrected chi connectivity index (χ3v) is 11.1. The summed E-state index contributed by atoms with van der Waals surface area (Å²) in [5.74, 6) is -1.86. The minimum absolute atomic E-state index is 0.207. The van der Waals surface area contributed by atoms with Gasteiger partial charge in [-0.3, -0.25) is 9.59 Å². The highest BCUT2D eigenvalue weighted by molar-refractivity contribution is 5.85. The third kappa shape index (κ3) is 8.19. The Morgan fingerprint density at radius 2 is 0.978 bits per heavy atom. The Morgan fingerprint density at radius 3 is 1.33 bits per heavy atom. The van der Waals surface area contributed by atoms with Crippen LogP contribution >= 0.6 is 0 Å². The van der Waals surface area contributed by atoms with Crippen LogP contribution in [0.4, 0.5) is 0 Å². The zero-order valence-corrected chi connectivity index (χ0v) is 27.9. The first-order valence-electron chi connectivity index (χ1n) is 17.9. The number of benzene rings is 2. The molecule has 0 unspecified atom stereocenters. The predicted octanol–water partition coefficient (Wildman–Crippen LogP) is 7.04. The number of piperidine rings is 2. The van der Waals surface area contributed by atoms with Gasteiger partial charge in [0.2, 0.25) is 0 Å². The number of nitrogens with zero attached hydrogens (tertiary/aromatic N) is 2. The van der Waals surface area contributed by atoms with Gasteiger partial charge in [-0.2, -0.15) is 0 Å². The zero-order chi connectivity index (χ0) is 32.2. The van der Waals surface area contributed by atoms with Crippen LogP contribution in [0.2, 0.25) is 0 Å². The Kier molecular flexibility index (Phi) is 12.3. The van der Waals surface area contributed by atoms with Crippen LogP contribution in [0.5, 0.6) is 0 Å². The van der Waals surface area contributed by atoms with Crippen molar-refractivity contribution in [3.8, 4) is 0 Å². The van der Waals surface area contributed by atoms with Crippen molar-refractivity contribution in [3.63, 3.8) is 0 Å². The lowest BCUT2D eigenvalue weighted by Crippen LogP contribution is -2.53. The summed E-state index contributed by atoms with van der Waals surface area (Å²) in [5, 5.41) is 0. The molecule has 0 spiro atoms. The van der Waals surface area contributed by atoms with Gasteiger partial charge in [-0.05, 0) is 61.8 Å². The van der Waals surface area contributed by atoms with Crippen LogP contribution in [0.15, 0.2) is 86.0 Å². The molecule has 46 heavy (non-hydrogen) atoms. The summed E-state index contributed by atoms with van der Waals surface area (Å²) >= 11 is 0. The fraction of sp³-hybridized carbons (Fsp3) is 0.550. The molecule has 6 heteroatoms. The van der Waals surface area contributed by atoms with Crippen molar-refractivity contribution in [2.75, 3.05) is 65.6 Å². The Hall–Kier alpha value is -3.22. The van der Waals surface area contributed by atoms with Crippen LogP contribution in [0.3, 0.4) is 0 Å². The number of carbonyl (C=O) groups excluding carboxylic acids is 2.